The van der Waals surface area contributed by atoms with Crippen molar-refractivity contribution in [2.75, 3.05) is 39.8 Å². The van der Waals surface area contributed by atoms with Gasteiger partial charge in [-0.05, 0) is 6.42 Å². The fourth-order valence-corrected chi connectivity index (χ4v) is 2.11. The van der Waals surface area contributed by atoms with Gasteiger partial charge in [0.15, 0.2) is 0 Å². The zero-order valence-electron chi connectivity index (χ0n) is 10.8. The van der Waals surface area contributed by atoms with Crippen molar-refractivity contribution >= 4 is 5.91 Å². The van der Waals surface area contributed by atoms with Crippen LogP contribution in [0.4, 0.5) is 0 Å². The molecule has 0 aliphatic carbocycles. The topological polar surface area (TPSA) is 59.4 Å². The number of nitrogens with zero attached hydrogens (tertiary/aromatic N) is 3. The number of hydrogen-bond acceptors (Lipinski definition) is 4. The van der Waals surface area contributed by atoms with E-state index in [-0.39, 0.29) is 11.9 Å². The van der Waals surface area contributed by atoms with Crippen LogP contribution in [-0.4, -0.2) is 61.5 Å². The molecule has 1 N–H and O–H groups in total. The Labute approximate surface area is 103 Å². The summed E-state index contributed by atoms with van der Waals surface area (Å²) in [4.78, 5) is 15.6. The third-order valence-electron chi connectivity index (χ3n) is 3.32. The van der Waals surface area contributed by atoms with Crippen LogP contribution < -0.4 is 5.32 Å². The lowest BCUT2D eigenvalue weighted by Crippen LogP contribution is -2.50. The predicted octanol–water partition coefficient (Wildman–Crippen LogP) is 0.0423. The number of amides is 1. The van der Waals surface area contributed by atoms with Crippen molar-refractivity contribution in [3.05, 3.63) is 0 Å². The second-order valence-electron chi connectivity index (χ2n) is 4.35. The van der Waals surface area contributed by atoms with Gasteiger partial charge in [-0.25, -0.2) is 0 Å². The zero-order valence-corrected chi connectivity index (χ0v) is 10.8. The molecular formula is C12H22N4O. The van der Waals surface area contributed by atoms with E-state index in [1.54, 1.807) is 7.05 Å². The molecule has 0 aromatic heterocycles. The molecule has 1 aliphatic rings. The van der Waals surface area contributed by atoms with E-state index in [4.69, 9.17) is 5.26 Å². The van der Waals surface area contributed by atoms with Gasteiger partial charge in [0.25, 0.3) is 0 Å². The Bertz CT molecular complexity index is 279. The smallest absolute Gasteiger partial charge is 0.221 e. The minimum Gasteiger partial charge on any atom is -0.359 e. The number of piperazine rings is 1. The molecule has 0 saturated carbocycles. The predicted molar refractivity (Wildman–Crippen MR) is 66.4 cm³/mol. The van der Waals surface area contributed by atoms with Gasteiger partial charge in [0.05, 0.1) is 12.1 Å². The highest BCUT2D eigenvalue weighted by Gasteiger charge is 2.22. The van der Waals surface area contributed by atoms with Crippen LogP contribution in [0.15, 0.2) is 0 Å². The maximum Gasteiger partial charge on any atom is 0.221 e. The summed E-state index contributed by atoms with van der Waals surface area (Å²) in [5.41, 5.74) is 0. The molecule has 1 amide bonds. The third-order valence-corrected chi connectivity index (χ3v) is 3.32. The van der Waals surface area contributed by atoms with E-state index in [2.05, 4.69) is 21.2 Å². The Kier molecular flexibility index (Phi) is 5.95. The van der Waals surface area contributed by atoms with Gasteiger partial charge >= 0.3 is 0 Å². The van der Waals surface area contributed by atoms with Crippen LogP contribution in [-0.2, 0) is 4.79 Å². The van der Waals surface area contributed by atoms with Crippen LogP contribution in [0.3, 0.4) is 0 Å². The summed E-state index contributed by atoms with van der Waals surface area (Å²) in [5, 5.41) is 11.6. The van der Waals surface area contributed by atoms with Crippen molar-refractivity contribution in [1.82, 2.24) is 15.1 Å². The molecule has 0 spiro atoms. The van der Waals surface area contributed by atoms with Crippen molar-refractivity contribution in [3.63, 3.8) is 0 Å². The molecule has 0 aromatic rings. The summed E-state index contributed by atoms with van der Waals surface area (Å²) in [5.74, 6) is 0.0934. The average molecular weight is 238 g/mol. The van der Waals surface area contributed by atoms with E-state index in [9.17, 15) is 4.79 Å². The Morgan fingerprint density at radius 3 is 2.53 bits per heavy atom. The normalized spacial score (nSPS) is 19.6. The van der Waals surface area contributed by atoms with E-state index in [0.29, 0.717) is 6.42 Å². The first kappa shape index (κ1) is 13.9. The van der Waals surface area contributed by atoms with E-state index < -0.39 is 0 Å². The summed E-state index contributed by atoms with van der Waals surface area (Å²) in [7, 11) is 1.67. The maximum absolute atomic E-state index is 11.1. The van der Waals surface area contributed by atoms with Crippen LogP contribution in [0, 0.1) is 11.3 Å². The minimum absolute atomic E-state index is 0.0519. The average Bonchev–Trinajstić information content (AvgIpc) is 2.38. The summed E-state index contributed by atoms with van der Waals surface area (Å²) in [6.45, 7) is 6.63. The lowest BCUT2D eigenvalue weighted by molar-refractivity contribution is -0.121. The highest BCUT2D eigenvalue weighted by Crippen LogP contribution is 2.08. The summed E-state index contributed by atoms with van der Waals surface area (Å²) >= 11 is 0. The van der Waals surface area contributed by atoms with Gasteiger partial charge in [-0.15, -0.1) is 0 Å². The second-order valence-corrected chi connectivity index (χ2v) is 4.35. The number of nitriles is 1. The Morgan fingerprint density at radius 2 is 2.06 bits per heavy atom. The quantitative estimate of drug-likeness (QED) is 0.735. The molecule has 1 saturated heterocycles. The third kappa shape index (κ3) is 4.33. The van der Waals surface area contributed by atoms with E-state index in [1.165, 1.54) is 0 Å². The molecule has 1 unspecified atom stereocenters. The summed E-state index contributed by atoms with van der Waals surface area (Å²) in [6, 6.07) is 2.39. The van der Waals surface area contributed by atoms with Crippen molar-refractivity contribution in [1.29, 1.82) is 5.26 Å². The van der Waals surface area contributed by atoms with Gasteiger partial charge in [-0.2, -0.15) is 5.26 Å². The largest absolute Gasteiger partial charge is 0.359 e. The van der Waals surface area contributed by atoms with Gasteiger partial charge in [-0.3, -0.25) is 9.69 Å². The minimum atomic E-state index is 0.0519. The summed E-state index contributed by atoms with van der Waals surface area (Å²) in [6.07, 6.45) is 1.45. The fraction of sp³-hybridized carbons (Fsp3) is 0.833. The van der Waals surface area contributed by atoms with Crippen molar-refractivity contribution in [2.24, 2.45) is 0 Å². The molecule has 5 nitrogen and oxygen atoms in total. The van der Waals surface area contributed by atoms with Gasteiger partial charge in [-0.1, -0.05) is 6.92 Å². The Hall–Kier alpha value is -1.12. The van der Waals surface area contributed by atoms with E-state index in [1.807, 2.05) is 6.92 Å². The number of rotatable bonds is 5. The highest BCUT2D eigenvalue weighted by molar-refractivity contribution is 5.75. The van der Waals surface area contributed by atoms with Crippen molar-refractivity contribution in [3.8, 4) is 6.07 Å². The van der Waals surface area contributed by atoms with E-state index >= 15 is 0 Å². The fourth-order valence-electron chi connectivity index (χ4n) is 2.11. The van der Waals surface area contributed by atoms with Gasteiger partial charge in [0, 0.05) is 46.2 Å². The maximum atomic E-state index is 11.1. The monoisotopic (exact) mass is 238 g/mol. The molecule has 1 aliphatic heterocycles. The molecule has 1 rings (SSSR count). The van der Waals surface area contributed by atoms with Gasteiger partial charge in [0.2, 0.25) is 5.91 Å². The number of carbonyl (C=O) groups excluding carboxylic acids is 1. The second kappa shape index (κ2) is 7.25. The number of carbonyl (C=O) groups is 1. The Morgan fingerprint density at radius 1 is 1.41 bits per heavy atom. The first-order valence-corrected chi connectivity index (χ1v) is 6.27. The number of nitrogens with one attached hydrogen (secondary N) is 1. The molecule has 0 bridgehead atoms. The van der Waals surface area contributed by atoms with Crippen LogP contribution in [0.5, 0.6) is 0 Å². The lowest BCUT2D eigenvalue weighted by atomic mass is 10.2. The van der Waals surface area contributed by atoms with Gasteiger partial charge < -0.3 is 10.2 Å². The van der Waals surface area contributed by atoms with Crippen molar-refractivity contribution < 1.29 is 4.79 Å². The molecule has 5 heteroatoms. The van der Waals surface area contributed by atoms with Crippen molar-refractivity contribution in [2.45, 2.75) is 25.8 Å². The molecule has 0 aromatic carbocycles. The molecule has 1 atom stereocenters. The number of hydrogen-bond donors (Lipinski definition) is 1. The van der Waals surface area contributed by atoms with Crippen LogP contribution >= 0.6 is 0 Å². The first-order chi connectivity index (χ1) is 8.21. The standard InChI is InChI=1S/C12H22N4O/c1-3-11(10-13)16-8-6-15(7-9-16)5-4-12(17)14-2/h11H,3-9H2,1-2H3,(H,14,17). The molecule has 1 heterocycles. The van der Waals surface area contributed by atoms with E-state index in [0.717, 1.165) is 39.1 Å². The van der Waals surface area contributed by atoms with Crippen LogP contribution in [0.25, 0.3) is 0 Å². The molecule has 17 heavy (non-hydrogen) atoms. The van der Waals surface area contributed by atoms with Gasteiger partial charge in [0.1, 0.15) is 0 Å². The van der Waals surface area contributed by atoms with Crippen LogP contribution in [0.1, 0.15) is 19.8 Å². The molecule has 1 fully saturated rings. The first-order valence-electron chi connectivity index (χ1n) is 6.27. The van der Waals surface area contributed by atoms with Crippen LogP contribution in [0.2, 0.25) is 0 Å². The highest BCUT2D eigenvalue weighted by atomic mass is 16.1. The summed E-state index contributed by atoms with van der Waals surface area (Å²) < 4.78 is 0. The molecule has 96 valence electrons. The molecule has 0 radical (unpaired) electrons. The SMILES string of the molecule is CCC(C#N)N1CCN(CCC(=O)NC)CC1. The molecular weight excluding hydrogens is 216 g/mol. The Balaban J connectivity index is 2.26. The zero-order chi connectivity index (χ0) is 12.7. The lowest BCUT2D eigenvalue weighted by Gasteiger charge is -2.36.